The van der Waals surface area contributed by atoms with E-state index in [4.69, 9.17) is 0 Å². The van der Waals surface area contributed by atoms with Crippen LogP contribution in [0.2, 0.25) is 0 Å². The third kappa shape index (κ3) is 2.98. The number of hydrogen-bond donors (Lipinski definition) is 4. The van der Waals surface area contributed by atoms with Gasteiger partial charge in [-0.25, -0.2) is 9.80 Å². The van der Waals surface area contributed by atoms with Crippen LogP contribution in [0.3, 0.4) is 0 Å². The number of amides is 1. The Morgan fingerprint density at radius 1 is 1.26 bits per heavy atom. The van der Waals surface area contributed by atoms with E-state index in [1.54, 1.807) is 13.8 Å². The number of carboxylic acids is 1. The van der Waals surface area contributed by atoms with Gasteiger partial charge in [-0.05, 0) is 46.8 Å². The van der Waals surface area contributed by atoms with Crippen LogP contribution >= 0.6 is 15.9 Å². The molecule has 4 N–H and O–H groups in total. The first kappa shape index (κ1) is 22.1. The number of aromatic amines is 1. The lowest BCUT2D eigenvalue weighted by Crippen LogP contribution is -2.52. The number of benzene rings is 2. The quantitative estimate of drug-likeness (QED) is 0.388. The summed E-state index contributed by atoms with van der Waals surface area (Å²) in [6.45, 7) is 5.64. The number of nitrogens with zero attached hydrogens (tertiary/aromatic N) is 3. The second-order valence-corrected chi connectivity index (χ2v) is 10.7. The minimum Gasteiger partial charge on any atom is -0.480 e. The van der Waals surface area contributed by atoms with Crippen molar-refractivity contribution in [1.29, 1.82) is 0 Å². The van der Waals surface area contributed by atoms with E-state index in [1.165, 1.54) is 0 Å². The van der Waals surface area contributed by atoms with E-state index in [-0.39, 0.29) is 23.8 Å². The van der Waals surface area contributed by atoms with E-state index >= 15 is 0 Å². The summed E-state index contributed by atoms with van der Waals surface area (Å²) in [5, 5.41) is 24.0. The first-order valence-electron chi connectivity index (χ1n) is 11.7. The molecule has 2 bridgehead atoms. The van der Waals surface area contributed by atoms with Crippen molar-refractivity contribution in [2.45, 2.75) is 44.9 Å². The number of carboxylic acid groups (broad SMARTS) is 1. The number of aryl methyl sites for hydroxylation is 1. The molecule has 1 fully saturated rings. The van der Waals surface area contributed by atoms with E-state index in [0.29, 0.717) is 6.42 Å². The van der Waals surface area contributed by atoms with Gasteiger partial charge in [-0.3, -0.25) is 10.2 Å². The van der Waals surface area contributed by atoms with Crippen molar-refractivity contribution in [3.8, 4) is 11.3 Å². The molecule has 1 spiro atoms. The van der Waals surface area contributed by atoms with Crippen molar-refractivity contribution < 1.29 is 14.7 Å². The average Bonchev–Trinajstić information content (AvgIpc) is 3.40. The lowest BCUT2D eigenvalue weighted by Gasteiger charge is -2.39. The fourth-order valence-corrected chi connectivity index (χ4v) is 6.32. The Hall–Kier alpha value is -3.40. The van der Waals surface area contributed by atoms with Gasteiger partial charge in [0.05, 0.1) is 22.1 Å². The molecule has 0 radical (unpaired) electrons. The van der Waals surface area contributed by atoms with Gasteiger partial charge in [-0.2, -0.15) is 0 Å². The van der Waals surface area contributed by atoms with E-state index in [0.717, 1.165) is 43.3 Å². The van der Waals surface area contributed by atoms with Gasteiger partial charge in [-0.1, -0.05) is 54.6 Å². The summed E-state index contributed by atoms with van der Waals surface area (Å²) in [6, 6.07) is 11.1. The summed E-state index contributed by atoms with van der Waals surface area (Å²) >= 11 is 3.84. The van der Waals surface area contributed by atoms with Gasteiger partial charge in [-0.15, -0.1) is 0 Å². The first-order chi connectivity index (χ1) is 16.8. The Morgan fingerprint density at radius 2 is 2.03 bits per heavy atom. The number of fused-ring (bicyclic) bond motifs is 5. The summed E-state index contributed by atoms with van der Waals surface area (Å²) in [5.41, 5.74) is 8.50. The third-order valence-electron chi connectivity index (χ3n) is 7.40. The van der Waals surface area contributed by atoms with Crippen LogP contribution < -0.4 is 10.7 Å². The number of hydrogen-bond acceptors (Lipinski definition) is 6. The Kier molecular flexibility index (Phi) is 4.76. The normalized spacial score (nSPS) is 24.5. The maximum Gasteiger partial charge on any atom is 0.326 e. The second-order valence-electron chi connectivity index (χ2n) is 9.87. The highest BCUT2D eigenvalue weighted by molar-refractivity contribution is 9.10. The monoisotopic (exact) mass is 536 g/mol. The first-order valence-corrected chi connectivity index (χ1v) is 12.5. The van der Waals surface area contributed by atoms with Crippen LogP contribution in [0.5, 0.6) is 0 Å². The SMILES string of the molecule is Cc1ccc2[nH]c3c(Br)c2c1C1(NN=NN1C1CC1C(=O)N[C@H](C(=O)O)C(C)C)c1ccccc1-3. The average molecular weight is 537 g/mol. The molecule has 9 nitrogen and oxygen atoms in total. The van der Waals surface area contributed by atoms with Crippen molar-refractivity contribution in [3.63, 3.8) is 0 Å². The molecular formula is C25H25BrN6O3. The predicted molar refractivity (Wildman–Crippen MR) is 133 cm³/mol. The molecule has 3 unspecified atom stereocenters. The molecule has 180 valence electrons. The van der Waals surface area contributed by atoms with Crippen LogP contribution in [0.4, 0.5) is 0 Å². The standard InChI is InChI=1S/C25H25BrN6O3/c1-11(2)21(24(34)35)28-23(33)14-10-17(14)32-25(29-30-31-32)15-7-5-4-6-13(15)22-20(26)18-16(27-22)9-8-12(3)19(18)25/h4-9,11,14,17,21,27H,10H2,1-3H3,(H,28,33)(H,29,31)(H,34,35)/t14?,17?,21-,25?/m0/s1. The van der Waals surface area contributed by atoms with Gasteiger partial charge >= 0.3 is 5.97 Å². The fraction of sp³-hybridized carbons (Fsp3) is 0.360. The number of carbonyl (C=O) groups excluding carboxylic acids is 1. The molecule has 2 aliphatic carbocycles. The van der Waals surface area contributed by atoms with Crippen molar-refractivity contribution in [1.82, 2.24) is 20.7 Å². The highest BCUT2D eigenvalue weighted by Gasteiger charge is 2.59. The minimum absolute atomic E-state index is 0.220. The maximum atomic E-state index is 13.1. The van der Waals surface area contributed by atoms with Crippen molar-refractivity contribution in [2.75, 3.05) is 0 Å². The Labute approximate surface area is 210 Å². The van der Waals surface area contributed by atoms with Crippen LogP contribution in [-0.4, -0.2) is 39.1 Å². The number of carbonyl (C=O) groups is 2. The highest BCUT2D eigenvalue weighted by Crippen LogP contribution is 2.55. The van der Waals surface area contributed by atoms with E-state index in [9.17, 15) is 14.7 Å². The van der Waals surface area contributed by atoms with Crippen LogP contribution in [0.15, 0.2) is 51.3 Å². The third-order valence-corrected chi connectivity index (χ3v) is 8.19. The molecule has 3 aromatic rings. The van der Waals surface area contributed by atoms with Gasteiger partial charge in [0.25, 0.3) is 0 Å². The lowest BCUT2D eigenvalue weighted by molar-refractivity contribution is -0.143. The van der Waals surface area contributed by atoms with E-state index in [1.807, 2.05) is 17.1 Å². The topological polar surface area (TPSA) is 122 Å². The molecule has 1 saturated carbocycles. The minimum atomic E-state index is -1.03. The van der Waals surface area contributed by atoms with Gasteiger partial charge < -0.3 is 15.4 Å². The molecule has 2 aromatic carbocycles. The molecule has 35 heavy (non-hydrogen) atoms. The van der Waals surface area contributed by atoms with Crippen LogP contribution in [-0.2, 0) is 15.3 Å². The van der Waals surface area contributed by atoms with E-state index in [2.05, 4.69) is 73.3 Å². The van der Waals surface area contributed by atoms with Crippen LogP contribution in [0, 0.1) is 18.8 Å². The lowest BCUT2D eigenvalue weighted by atomic mass is 9.84. The summed E-state index contributed by atoms with van der Waals surface area (Å²) < 4.78 is 0.982. The zero-order chi connectivity index (χ0) is 24.6. The van der Waals surface area contributed by atoms with Crippen LogP contribution in [0.1, 0.15) is 37.0 Å². The molecule has 1 aliphatic heterocycles. The molecule has 3 aliphatic rings. The Bertz CT molecular complexity index is 1430. The molecule has 1 amide bonds. The van der Waals surface area contributed by atoms with E-state index < -0.39 is 17.7 Å². The maximum absolute atomic E-state index is 13.1. The molecule has 10 heteroatoms. The molecule has 0 saturated heterocycles. The van der Waals surface area contributed by atoms with Crippen molar-refractivity contribution >= 4 is 38.7 Å². The summed E-state index contributed by atoms with van der Waals surface area (Å²) in [6.07, 6.45) is 0.564. The molecule has 4 atom stereocenters. The zero-order valence-corrected chi connectivity index (χ0v) is 21.0. The number of aromatic nitrogens is 1. The number of aliphatic carboxylic acids is 1. The molecular weight excluding hydrogens is 512 g/mol. The Morgan fingerprint density at radius 3 is 2.77 bits per heavy atom. The highest BCUT2D eigenvalue weighted by atomic mass is 79.9. The fourth-order valence-electron chi connectivity index (χ4n) is 5.59. The van der Waals surface area contributed by atoms with Crippen LogP contribution in [0.25, 0.3) is 22.2 Å². The van der Waals surface area contributed by atoms with Gasteiger partial charge in [0.1, 0.15) is 6.04 Å². The molecule has 1 aromatic heterocycles. The van der Waals surface area contributed by atoms with Gasteiger partial charge in [0.15, 0.2) is 5.66 Å². The summed E-state index contributed by atoms with van der Waals surface area (Å²) in [5.74, 6) is -1.90. The molecule has 2 heterocycles. The summed E-state index contributed by atoms with van der Waals surface area (Å²) in [7, 11) is 0. The number of H-pyrrole nitrogens is 1. The zero-order valence-electron chi connectivity index (χ0n) is 19.5. The number of rotatable bonds is 5. The second kappa shape index (κ2) is 7.55. The van der Waals surface area contributed by atoms with Gasteiger partial charge in [0, 0.05) is 27.6 Å². The summed E-state index contributed by atoms with van der Waals surface area (Å²) in [4.78, 5) is 28.3. The number of halogens is 1. The van der Waals surface area contributed by atoms with Crippen molar-refractivity contribution in [2.24, 2.45) is 22.3 Å². The van der Waals surface area contributed by atoms with Crippen molar-refractivity contribution in [3.05, 3.63) is 57.6 Å². The van der Waals surface area contributed by atoms with Gasteiger partial charge in [0.2, 0.25) is 5.91 Å². The Balaban J connectivity index is 1.46. The largest absolute Gasteiger partial charge is 0.480 e. The number of nitrogens with one attached hydrogen (secondary N) is 3. The molecule has 6 rings (SSSR count). The smallest absolute Gasteiger partial charge is 0.326 e. The predicted octanol–water partition coefficient (Wildman–Crippen LogP) is 4.22.